The third-order valence-electron chi connectivity index (χ3n) is 5.35. The Labute approximate surface area is 182 Å². The lowest BCUT2D eigenvalue weighted by molar-refractivity contribution is -0.128. The number of nitrogens with two attached hydrogens (primary N) is 1. The van der Waals surface area contributed by atoms with E-state index >= 15 is 0 Å². The standard InChI is InChI=1S/C24H27N5O2/c1-3-19(9-12-28-13-10-22-15-26-17-27-24(22)28)16-29(18(2)30)11-5-7-20-6-4-8-21(14-20)23(25)31/h4,6,8,10,13-15,17,19H,3,9,11-12,16H2,1-2H3,(H2,25,31). The van der Waals surface area contributed by atoms with Gasteiger partial charge in [-0.3, -0.25) is 9.59 Å². The predicted molar refractivity (Wildman–Crippen MR) is 120 cm³/mol. The van der Waals surface area contributed by atoms with Gasteiger partial charge in [0, 0.05) is 48.9 Å². The van der Waals surface area contributed by atoms with Gasteiger partial charge in [-0.2, -0.15) is 0 Å². The molecule has 2 heterocycles. The lowest BCUT2D eigenvalue weighted by Crippen LogP contribution is -2.34. The zero-order chi connectivity index (χ0) is 22.2. The maximum Gasteiger partial charge on any atom is 0.248 e. The Kier molecular flexibility index (Phi) is 7.39. The van der Waals surface area contributed by atoms with Crippen LogP contribution in [-0.4, -0.2) is 44.3 Å². The SMILES string of the molecule is CCC(CCn1ccc2cncnc21)CN(CC#Cc1cccc(C(N)=O)c1)C(C)=O. The molecular formula is C24H27N5O2. The van der Waals surface area contributed by atoms with Crippen molar-refractivity contribution in [1.29, 1.82) is 0 Å². The number of amides is 2. The molecule has 3 rings (SSSR count). The van der Waals surface area contributed by atoms with E-state index in [1.165, 1.54) is 0 Å². The van der Waals surface area contributed by atoms with Gasteiger partial charge < -0.3 is 15.2 Å². The van der Waals surface area contributed by atoms with E-state index in [1.54, 1.807) is 36.4 Å². The fourth-order valence-electron chi connectivity index (χ4n) is 3.46. The summed E-state index contributed by atoms with van der Waals surface area (Å²) < 4.78 is 2.13. The third kappa shape index (κ3) is 5.92. The highest BCUT2D eigenvalue weighted by molar-refractivity contribution is 5.93. The van der Waals surface area contributed by atoms with Gasteiger partial charge in [-0.1, -0.05) is 31.3 Å². The summed E-state index contributed by atoms with van der Waals surface area (Å²) in [7, 11) is 0. The molecule has 0 spiro atoms. The minimum atomic E-state index is -0.485. The lowest BCUT2D eigenvalue weighted by atomic mass is 10.0. The zero-order valence-electron chi connectivity index (χ0n) is 17.9. The summed E-state index contributed by atoms with van der Waals surface area (Å²) >= 11 is 0. The van der Waals surface area contributed by atoms with Crippen LogP contribution in [0.3, 0.4) is 0 Å². The molecule has 7 heteroatoms. The first-order valence-corrected chi connectivity index (χ1v) is 10.4. The van der Waals surface area contributed by atoms with E-state index in [0.717, 1.165) is 30.4 Å². The summed E-state index contributed by atoms with van der Waals surface area (Å²) in [6.45, 7) is 5.52. The van der Waals surface area contributed by atoms with Crippen molar-refractivity contribution in [3.05, 3.63) is 60.2 Å². The Morgan fingerprint density at radius 2 is 2.13 bits per heavy atom. The van der Waals surface area contributed by atoms with Crippen molar-refractivity contribution in [2.45, 2.75) is 33.2 Å². The number of carbonyl (C=O) groups excluding carboxylic acids is 2. The monoisotopic (exact) mass is 417 g/mol. The number of aryl methyl sites for hydroxylation is 1. The number of nitrogens with zero attached hydrogens (tertiary/aromatic N) is 4. The van der Waals surface area contributed by atoms with Gasteiger partial charge >= 0.3 is 0 Å². The molecule has 0 aliphatic heterocycles. The molecular weight excluding hydrogens is 390 g/mol. The van der Waals surface area contributed by atoms with E-state index in [4.69, 9.17) is 5.73 Å². The highest BCUT2D eigenvalue weighted by atomic mass is 16.2. The molecule has 0 aliphatic carbocycles. The molecule has 0 saturated carbocycles. The van der Waals surface area contributed by atoms with Crippen molar-refractivity contribution >= 4 is 22.8 Å². The molecule has 0 fully saturated rings. The first kappa shape index (κ1) is 22.0. The van der Waals surface area contributed by atoms with Gasteiger partial charge in [0.15, 0.2) is 0 Å². The minimum absolute atomic E-state index is 0.00204. The van der Waals surface area contributed by atoms with Gasteiger partial charge in [0.2, 0.25) is 11.8 Å². The molecule has 2 amide bonds. The number of rotatable bonds is 8. The summed E-state index contributed by atoms with van der Waals surface area (Å²) in [4.78, 5) is 33.7. The normalized spacial score (nSPS) is 11.5. The van der Waals surface area contributed by atoms with Crippen molar-refractivity contribution in [1.82, 2.24) is 19.4 Å². The lowest BCUT2D eigenvalue weighted by Gasteiger charge is -2.24. The molecule has 160 valence electrons. The number of hydrogen-bond acceptors (Lipinski definition) is 4. The molecule has 2 N–H and O–H groups in total. The largest absolute Gasteiger partial charge is 0.366 e. The van der Waals surface area contributed by atoms with Crippen LogP contribution in [0.15, 0.2) is 49.1 Å². The molecule has 1 atom stereocenters. The molecule has 0 bridgehead atoms. The Bertz CT molecular complexity index is 1130. The Morgan fingerprint density at radius 1 is 1.29 bits per heavy atom. The second-order valence-corrected chi connectivity index (χ2v) is 7.52. The van der Waals surface area contributed by atoms with E-state index < -0.39 is 5.91 Å². The molecule has 7 nitrogen and oxygen atoms in total. The van der Waals surface area contributed by atoms with Crippen LogP contribution in [0.4, 0.5) is 0 Å². The molecule has 0 aliphatic rings. The highest BCUT2D eigenvalue weighted by Crippen LogP contribution is 2.16. The van der Waals surface area contributed by atoms with Gasteiger partial charge in [0.25, 0.3) is 0 Å². The fourth-order valence-corrected chi connectivity index (χ4v) is 3.46. The van der Waals surface area contributed by atoms with Gasteiger partial charge in [-0.25, -0.2) is 9.97 Å². The maximum absolute atomic E-state index is 12.2. The Hall–Kier alpha value is -3.66. The predicted octanol–water partition coefficient (Wildman–Crippen LogP) is 2.85. The van der Waals surface area contributed by atoms with Crippen molar-refractivity contribution in [3.63, 3.8) is 0 Å². The van der Waals surface area contributed by atoms with E-state index in [1.807, 2.05) is 24.5 Å². The van der Waals surface area contributed by atoms with Crippen LogP contribution in [0.1, 0.15) is 42.6 Å². The minimum Gasteiger partial charge on any atom is -0.366 e. The summed E-state index contributed by atoms with van der Waals surface area (Å²) in [5, 5.41) is 1.02. The van der Waals surface area contributed by atoms with E-state index in [0.29, 0.717) is 30.1 Å². The fraction of sp³-hybridized carbons (Fsp3) is 0.333. The van der Waals surface area contributed by atoms with Crippen LogP contribution in [0.2, 0.25) is 0 Å². The van der Waals surface area contributed by atoms with Crippen LogP contribution < -0.4 is 5.73 Å². The number of benzene rings is 1. The van der Waals surface area contributed by atoms with Crippen molar-refractivity contribution in [3.8, 4) is 11.8 Å². The number of aromatic nitrogens is 3. The quantitative estimate of drug-likeness (QED) is 0.570. The van der Waals surface area contributed by atoms with Gasteiger partial charge in [0.05, 0.1) is 6.54 Å². The number of primary amides is 1. The second-order valence-electron chi connectivity index (χ2n) is 7.52. The summed E-state index contributed by atoms with van der Waals surface area (Å²) in [5.74, 6) is 5.94. The smallest absolute Gasteiger partial charge is 0.248 e. The van der Waals surface area contributed by atoms with Crippen LogP contribution >= 0.6 is 0 Å². The van der Waals surface area contributed by atoms with Crippen molar-refractivity contribution < 1.29 is 9.59 Å². The maximum atomic E-state index is 12.2. The van der Waals surface area contributed by atoms with Gasteiger partial charge in [0.1, 0.15) is 12.0 Å². The first-order chi connectivity index (χ1) is 15.0. The van der Waals surface area contributed by atoms with E-state index in [9.17, 15) is 9.59 Å². The Balaban J connectivity index is 1.61. The van der Waals surface area contributed by atoms with Crippen LogP contribution in [0.25, 0.3) is 11.0 Å². The molecule has 31 heavy (non-hydrogen) atoms. The van der Waals surface area contributed by atoms with E-state index in [-0.39, 0.29) is 5.91 Å². The van der Waals surface area contributed by atoms with Crippen LogP contribution in [-0.2, 0) is 11.3 Å². The molecule has 3 aromatic rings. The molecule has 1 aromatic carbocycles. The van der Waals surface area contributed by atoms with Gasteiger partial charge in [-0.05, 0) is 36.6 Å². The topological polar surface area (TPSA) is 94.1 Å². The summed E-state index contributed by atoms with van der Waals surface area (Å²) in [6, 6.07) is 8.89. The third-order valence-corrected chi connectivity index (χ3v) is 5.35. The van der Waals surface area contributed by atoms with Crippen molar-refractivity contribution in [2.24, 2.45) is 11.7 Å². The average Bonchev–Trinajstić information content (AvgIpc) is 3.18. The molecule has 1 unspecified atom stereocenters. The number of fused-ring (bicyclic) bond motifs is 1. The van der Waals surface area contributed by atoms with E-state index in [2.05, 4.69) is 33.3 Å². The average molecular weight is 418 g/mol. The summed E-state index contributed by atoms with van der Waals surface area (Å²) in [5.41, 5.74) is 7.37. The number of carbonyl (C=O) groups is 2. The zero-order valence-corrected chi connectivity index (χ0v) is 17.9. The van der Waals surface area contributed by atoms with Gasteiger partial charge in [-0.15, -0.1) is 0 Å². The molecule has 0 saturated heterocycles. The molecule has 2 aromatic heterocycles. The summed E-state index contributed by atoms with van der Waals surface area (Å²) in [6.07, 6.45) is 7.30. The van der Waals surface area contributed by atoms with Crippen molar-refractivity contribution in [2.75, 3.05) is 13.1 Å². The second kappa shape index (κ2) is 10.4. The number of hydrogen-bond donors (Lipinski definition) is 1. The van der Waals surface area contributed by atoms with Crippen LogP contribution in [0, 0.1) is 17.8 Å². The van der Waals surface area contributed by atoms with Crippen LogP contribution in [0.5, 0.6) is 0 Å². The first-order valence-electron chi connectivity index (χ1n) is 10.4. The molecule has 0 radical (unpaired) electrons. The Morgan fingerprint density at radius 3 is 2.87 bits per heavy atom. The highest BCUT2D eigenvalue weighted by Gasteiger charge is 2.15.